The molecular weight excluding hydrogens is 715 g/mol. The number of aromatic nitrogens is 3. The normalized spacial score (nSPS) is 13.1. The van der Waals surface area contributed by atoms with Crippen LogP contribution in [-0.4, -0.2) is 14.1 Å². The van der Waals surface area contributed by atoms with E-state index in [1.165, 1.54) is 93.7 Å². The SMILES string of the molecule is CC1(C)c2ccccc2-c2ccc(-n3c4ccc(-c5ccc6c(c5)c5ccccc5n6-c5cc(-c6ccccc6)cc(-c6ccccc6)c5)cc4c4ccncc43)cc21. The Morgan fingerprint density at radius 3 is 1.61 bits per heavy atom. The Labute approximate surface area is 343 Å². The Hall–Kier alpha value is -7.49. The van der Waals surface area contributed by atoms with Crippen LogP contribution in [0.3, 0.4) is 0 Å². The highest BCUT2D eigenvalue weighted by Gasteiger charge is 2.35. The number of benzene rings is 8. The standard InChI is InChI=1S/C56H39N3/c1-56(2)50-19-11-9-17-44(50)45-24-23-42(34-51(45)56)58-53-25-21-39(33-49(53)47-27-28-57-35-55(47)58)38-22-26-54-48(32-38)46-18-10-12-20-52(46)59(54)43-30-40(36-13-5-3-6-14-36)29-41(31-43)37-15-7-4-8-16-37/h3-35H,1-2H3. The Morgan fingerprint density at radius 2 is 0.915 bits per heavy atom. The summed E-state index contributed by atoms with van der Waals surface area (Å²) in [4.78, 5) is 4.62. The minimum absolute atomic E-state index is 0.0806. The van der Waals surface area contributed by atoms with E-state index in [9.17, 15) is 0 Å². The van der Waals surface area contributed by atoms with E-state index in [-0.39, 0.29) is 5.41 Å². The molecule has 12 rings (SSSR count). The van der Waals surface area contributed by atoms with Gasteiger partial charge in [0, 0.05) is 44.5 Å². The van der Waals surface area contributed by atoms with Gasteiger partial charge in [-0.2, -0.15) is 0 Å². The van der Waals surface area contributed by atoms with Crippen molar-refractivity contribution < 1.29 is 0 Å². The molecule has 0 spiro atoms. The van der Waals surface area contributed by atoms with Crippen LogP contribution in [0.2, 0.25) is 0 Å². The van der Waals surface area contributed by atoms with E-state index in [1.54, 1.807) is 0 Å². The van der Waals surface area contributed by atoms with Crippen molar-refractivity contribution in [1.29, 1.82) is 0 Å². The van der Waals surface area contributed by atoms with Crippen LogP contribution in [0, 0.1) is 0 Å². The number of hydrogen-bond acceptors (Lipinski definition) is 1. The average molecular weight is 754 g/mol. The van der Waals surface area contributed by atoms with Crippen molar-refractivity contribution in [3.05, 3.63) is 212 Å². The number of hydrogen-bond donors (Lipinski definition) is 0. The molecule has 0 saturated heterocycles. The summed E-state index contributed by atoms with van der Waals surface area (Å²) in [6, 6.07) is 69.1. The minimum Gasteiger partial charge on any atom is -0.309 e. The summed E-state index contributed by atoms with van der Waals surface area (Å²) in [5, 5.41) is 4.89. The number of nitrogens with zero attached hydrogens (tertiary/aromatic N) is 3. The number of fused-ring (bicyclic) bond motifs is 9. The van der Waals surface area contributed by atoms with E-state index in [4.69, 9.17) is 0 Å². The maximum atomic E-state index is 4.62. The number of pyridine rings is 1. The fourth-order valence-corrected chi connectivity index (χ4v) is 9.92. The van der Waals surface area contributed by atoms with Crippen LogP contribution in [0.4, 0.5) is 0 Å². The summed E-state index contributed by atoms with van der Waals surface area (Å²) in [6.07, 6.45) is 3.93. The summed E-state index contributed by atoms with van der Waals surface area (Å²) in [6.45, 7) is 4.69. The van der Waals surface area contributed by atoms with Crippen LogP contribution in [0.25, 0.3) is 99.5 Å². The quantitative estimate of drug-likeness (QED) is 0.172. The lowest BCUT2D eigenvalue weighted by atomic mass is 9.82. The monoisotopic (exact) mass is 753 g/mol. The van der Waals surface area contributed by atoms with Crippen LogP contribution in [0.5, 0.6) is 0 Å². The van der Waals surface area contributed by atoms with Gasteiger partial charge in [0.1, 0.15) is 0 Å². The second-order valence-corrected chi connectivity index (χ2v) is 16.4. The molecule has 3 aromatic heterocycles. The van der Waals surface area contributed by atoms with Gasteiger partial charge in [-0.05, 0) is 122 Å². The lowest BCUT2D eigenvalue weighted by Crippen LogP contribution is -2.15. The first-order chi connectivity index (χ1) is 29.0. The van der Waals surface area contributed by atoms with Gasteiger partial charge in [-0.1, -0.05) is 135 Å². The molecule has 8 aromatic carbocycles. The van der Waals surface area contributed by atoms with E-state index < -0.39 is 0 Å². The minimum atomic E-state index is -0.0806. The number of para-hydroxylation sites is 1. The van der Waals surface area contributed by atoms with Gasteiger partial charge in [-0.3, -0.25) is 4.98 Å². The Kier molecular flexibility index (Phi) is 7.27. The molecule has 0 atom stereocenters. The van der Waals surface area contributed by atoms with Crippen molar-refractivity contribution in [3.8, 4) is 55.9 Å². The van der Waals surface area contributed by atoms with Gasteiger partial charge in [-0.25, -0.2) is 0 Å². The van der Waals surface area contributed by atoms with E-state index in [2.05, 4.69) is 216 Å². The molecule has 3 heterocycles. The Bertz CT molecular complexity index is 3400. The molecule has 1 aliphatic rings. The zero-order chi connectivity index (χ0) is 39.2. The zero-order valence-electron chi connectivity index (χ0n) is 32.9. The van der Waals surface area contributed by atoms with E-state index in [0.29, 0.717) is 0 Å². The van der Waals surface area contributed by atoms with Gasteiger partial charge in [0.2, 0.25) is 0 Å². The Balaban J connectivity index is 1.01. The molecule has 11 aromatic rings. The van der Waals surface area contributed by atoms with Crippen LogP contribution in [0.15, 0.2) is 200 Å². The van der Waals surface area contributed by atoms with Crippen molar-refractivity contribution in [3.63, 3.8) is 0 Å². The molecule has 0 aliphatic heterocycles. The van der Waals surface area contributed by atoms with Crippen molar-refractivity contribution in [2.75, 3.05) is 0 Å². The maximum absolute atomic E-state index is 4.62. The van der Waals surface area contributed by atoms with Gasteiger partial charge >= 0.3 is 0 Å². The molecule has 0 radical (unpaired) electrons. The fraction of sp³-hybridized carbons (Fsp3) is 0.0536. The first-order valence-electron chi connectivity index (χ1n) is 20.4. The molecule has 278 valence electrons. The third kappa shape index (κ3) is 5.11. The van der Waals surface area contributed by atoms with Crippen LogP contribution >= 0.6 is 0 Å². The van der Waals surface area contributed by atoms with Crippen molar-refractivity contribution in [2.24, 2.45) is 0 Å². The largest absolute Gasteiger partial charge is 0.309 e. The molecule has 0 amide bonds. The van der Waals surface area contributed by atoms with Crippen LogP contribution in [0.1, 0.15) is 25.0 Å². The van der Waals surface area contributed by atoms with Crippen LogP contribution in [-0.2, 0) is 5.41 Å². The third-order valence-corrected chi connectivity index (χ3v) is 12.8. The summed E-state index contributed by atoms with van der Waals surface area (Å²) in [5.74, 6) is 0. The zero-order valence-corrected chi connectivity index (χ0v) is 32.9. The highest BCUT2D eigenvalue weighted by atomic mass is 15.0. The van der Waals surface area contributed by atoms with E-state index in [0.717, 1.165) is 16.9 Å². The average Bonchev–Trinajstić information content (AvgIpc) is 3.89. The molecular formula is C56H39N3. The molecule has 0 N–H and O–H groups in total. The second-order valence-electron chi connectivity index (χ2n) is 16.4. The molecule has 0 unspecified atom stereocenters. The molecule has 0 saturated carbocycles. The predicted molar refractivity (Wildman–Crippen MR) is 247 cm³/mol. The predicted octanol–water partition coefficient (Wildman–Crippen LogP) is 14.6. The highest BCUT2D eigenvalue weighted by molar-refractivity contribution is 6.12. The van der Waals surface area contributed by atoms with Gasteiger partial charge in [0.25, 0.3) is 0 Å². The number of rotatable bonds is 5. The van der Waals surface area contributed by atoms with Crippen molar-refractivity contribution in [1.82, 2.24) is 14.1 Å². The summed E-state index contributed by atoms with van der Waals surface area (Å²) in [7, 11) is 0. The summed E-state index contributed by atoms with van der Waals surface area (Å²) >= 11 is 0. The van der Waals surface area contributed by atoms with Gasteiger partial charge in [0.05, 0.1) is 28.3 Å². The van der Waals surface area contributed by atoms with E-state index in [1.807, 2.05) is 12.4 Å². The third-order valence-electron chi connectivity index (χ3n) is 12.8. The lowest BCUT2D eigenvalue weighted by Gasteiger charge is -2.22. The van der Waals surface area contributed by atoms with Gasteiger partial charge < -0.3 is 9.13 Å². The van der Waals surface area contributed by atoms with E-state index >= 15 is 0 Å². The summed E-state index contributed by atoms with van der Waals surface area (Å²) in [5.41, 5.74) is 19.5. The lowest BCUT2D eigenvalue weighted by molar-refractivity contribution is 0.660. The first-order valence-corrected chi connectivity index (χ1v) is 20.4. The molecule has 59 heavy (non-hydrogen) atoms. The Morgan fingerprint density at radius 1 is 0.356 bits per heavy atom. The topological polar surface area (TPSA) is 22.8 Å². The molecule has 1 aliphatic carbocycles. The maximum Gasteiger partial charge on any atom is 0.0724 e. The fourth-order valence-electron chi connectivity index (χ4n) is 9.92. The molecule has 3 heteroatoms. The van der Waals surface area contributed by atoms with Crippen LogP contribution < -0.4 is 0 Å². The molecule has 0 bridgehead atoms. The smallest absolute Gasteiger partial charge is 0.0724 e. The first kappa shape index (κ1) is 33.6. The summed E-state index contributed by atoms with van der Waals surface area (Å²) < 4.78 is 4.83. The van der Waals surface area contributed by atoms with Crippen molar-refractivity contribution >= 4 is 43.6 Å². The van der Waals surface area contributed by atoms with Gasteiger partial charge in [0.15, 0.2) is 0 Å². The molecule has 3 nitrogen and oxygen atoms in total. The second kappa shape index (κ2) is 12.8. The highest BCUT2D eigenvalue weighted by Crippen LogP contribution is 2.49. The molecule has 0 fully saturated rings. The van der Waals surface area contributed by atoms with Crippen molar-refractivity contribution in [2.45, 2.75) is 19.3 Å². The van der Waals surface area contributed by atoms with Gasteiger partial charge in [-0.15, -0.1) is 0 Å².